The summed E-state index contributed by atoms with van der Waals surface area (Å²) in [6.45, 7) is 1.77. The predicted molar refractivity (Wildman–Crippen MR) is 82.0 cm³/mol. The van der Waals surface area contributed by atoms with Crippen molar-refractivity contribution in [2.75, 3.05) is 20.7 Å². The van der Waals surface area contributed by atoms with Crippen LogP contribution in [0, 0.1) is 11.3 Å². The number of aromatic nitrogens is 1. The molecule has 1 heterocycles. The van der Waals surface area contributed by atoms with Crippen molar-refractivity contribution in [2.45, 2.75) is 13.0 Å². The van der Waals surface area contributed by atoms with Crippen LogP contribution in [0.15, 0.2) is 42.7 Å². The van der Waals surface area contributed by atoms with Gasteiger partial charge in [0, 0.05) is 25.5 Å². The summed E-state index contributed by atoms with van der Waals surface area (Å²) in [5, 5.41) is 9.11. The first-order chi connectivity index (χ1) is 10.2. The molecule has 4 nitrogen and oxygen atoms in total. The summed E-state index contributed by atoms with van der Waals surface area (Å²) in [5.74, 6) is 0.626. The second kappa shape index (κ2) is 7.41. The van der Waals surface area contributed by atoms with E-state index in [1.165, 1.54) is 5.56 Å². The highest BCUT2D eigenvalue weighted by molar-refractivity contribution is 5.45. The van der Waals surface area contributed by atoms with Crippen LogP contribution in [0.2, 0.25) is 0 Å². The number of benzene rings is 1. The normalized spacial score (nSPS) is 10.4. The van der Waals surface area contributed by atoms with E-state index in [0.29, 0.717) is 11.3 Å². The average Bonchev–Trinajstić information content (AvgIpc) is 2.53. The van der Waals surface area contributed by atoms with Crippen molar-refractivity contribution >= 4 is 0 Å². The van der Waals surface area contributed by atoms with Gasteiger partial charge >= 0.3 is 0 Å². The zero-order chi connectivity index (χ0) is 15.1. The Bertz CT molecular complexity index is 620. The summed E-state index contributed by atoms with van der Waals surface area (Å²) in [5.41, 5.74) is 2.98. The Hall–Kier alpha value is -2.38. The number of nitriles is 1. The maximum absolute atomic E-state index is 9.11. The van der Waals surface area contributed by atoms with E-state index in [2.05, 4.69) is 23.0 Å². The zero-order valence-corrected chi connectivity index (χ0v) is 12.4. The Morgan fingerprint density at radius 1 is 1.19 bits per heavy atom. The minimum absolute atomic E-state index is 0.581. The molecule has 21 heavy (non-hydrogen) atoms. The van der Waals surface area contributed by atoms with E-state index in [0.717, 1.165) is 25.1 Å². The number of hydrogen-bond donors (Lipinski definition) is 0. The molecule has 0 saturated carbocycles. The third-order valence-electron chi connectivity index (χ3n) is 3.37. The van der Waals surface area contributed by atoms with Crippen molar-refractivity contribution in [1.82, 2.24) is 9.88 Å². The first kappa shape index (κ1) is 15.0. The minimum atomic E-state index is 0.581. The Morgan fingerprint density at radius 2 is 1.95 bits per heavy atom. The summed E-state index contributed by atoms with van der Waals surface area (Å²) < 4.78 is 5.16. The molecule has 2 rings (SSSR count). The van der Waals surface area contributed by atoms with Gasteiger partial charge in [-0.1, -0.05) is 6.07 Å². The molecule has 0 amide bonds. The van der Waals surface area contributed by atoms with Gasteiger partial charge in [-0.15, -0.1) is 0 Å². The highest BCUT2D eigenvalue weighted by Gasteiger charge is 2.06. The van der Waals surface area contributed by atoms with Crippen molar-refractivity contribution in [3.63, 3.8) is 0 Å². The Labute approximate surface area is 125 Å². The maximum Gasteiger partial charge on any atom is 0.136 e. The smallest absolute Gasteiger partial charge is 0.136 e. The molecule has 1 aromatic carbocycles. The molecule has 0 N–H and O–H groups in total. The Morgan fingerprint density at radius 3 is 2.62 bits per heavy atom. The summed E-state index contributed by atoms with van der Waals surface area (Å²) in [4.78, 5) is 6.26. The summed E-state index contributed by atoms with van der Waals surface area (Å²) in [7, 11) is 3.66. The Kier molecular flexibility index (Phi) is 5.30. The molecule has 0 aliphatic carbocycles. The number of nitrogens with zero attached hydrogens (tertiary/aromatic N) is 3. The molecule has 2 aromatic rings. The van der Waals surface area contributed by atoms with E-state index in [4.69, 9.17) is 10.00 Å². The third kappa shape index (κ3) is 4.30. The van der Waals surface area contributed by atoms with Crippen molar-refractivity contribution in [2.24, 2.45) is 0 Å². The monoisotopic (exact) mass is 281 g/mol. The maximum atomic E-state index is 9.11. The van der Waals surface area contributed by atoms with Gasteiger partial charge in [0.15, 0.2) is 0 Å². The largest absolute Gasteiger partial charge is 0.495 e. The zero-order valence-electron chi connectivity index (χ0n) is 12.4. The molecule has 0 fully saturated rings. The molecular weight excluding hydrogens is 262 g/mol. The fraction of sp³-hybridized carbons (Fsp3) is 0.294. The van der Waals surface area contributed by atoms with Gasteiger partial charge in [0.25, 0.3) is 0 Å². The van der Waals surface area contributed by atoms with Gasteiger partial charge in [-0.3, -0.25) is 4.98 Å². The fourth-order valence-corrected chi connectivity index (χ4v) is 2.20. The molecule has 0 unspecified atom stereocenters. The van der Waals surface area contributed by atoms with Crippen LogP contribution >= 0.6 is 0 Å². The van der Waals surface area contributed by atoms with E-state index in [9.17, 15) is 0 Å². The molecule has 4 heteroatoms. The lowest BCUT2D eigenvalue weighted by atomic mass is 10.1. The fourth-order valence-electron chi connectivity index (χ4n) is 2.20. The second-order valence-electron chi connectivity index (χ2n) is 4.99. The summed E-state index contributed by atoms with van der Waals surface area (Å²) in [6, 6.07) is 12.0. The van der Waals surface area contributed by atoms with Gasteiger partial charge in [-0.25, -0.2) is 0 Å². The molecule has 0 spiro atoms. The van der Waals surface area contributed by atoms with Gasteiger partial charge in [0.1, 0.15) is 11.8 Å². The molecule has 0 radical (unpaired) electrons. The number of likely N-dealkylation sites (N-methyl/N-ethyl adjacent to an activating group) is 1. The molecule has 0 aliphatic rings. The van der Waals surface area contributed by atoms with Gasteiger partial charge in [-0.2, -0.15) is 5.26 Å². The highest BCUT2D eigenvalue weighted by Crippen LogP contribution is 2.19. The minimum Gasteiger partial charge on any atom is -0.495 e. The SMILES string of the molecule is COc1ccc(CN(C)CCc2ccncc2)cc1C#N. The predicted octanol–water partition coefficient (Wildman–Crippen LogP) is 2.64. The van der Waals surface area contributed by atoms with Crippen LogP contribution in [0.25, 0.3) is 0 Å². The van der Waals surface area contributed by atoms with Crippen LogP contribution in [-0.4, -0.2) is 30.6 Å². The number of methoxy groups -OCH3 is 1. The van der Waals surface area contributed by atoms with Gasteiger partial charge in [0.05, 0.1) is 12.7 Å². The van der Waals surface area contributed by atoms with Crippen LogP contribution in [0.1, 0.15) is 16.7 Å². The highest BCUT2D eigenvalue weighted by atomic mass is 16.5. The van der Waals surface area contributed by atoms with Gasteiger partial charge in [-0.05, 0) is 48.9 Å². The molecule has 0 saturated heterocycles. The molecule has 0 aliphatic heterocycles. The lowest BCUT2D eigenvalue weighted by Crippen LogP contribution is -2.20. The van der Waals surface area contributed by atoms with Gasteiger partial charge < -0.3 is 9.64 Å². The molecule has 108 valence electrons. The summed E-state index contributed by atoms with van der Waals surface area (Å²) >= 11 is 0. The van der Waals surface area contributed by atoms with Crippen LogP contribution in [0.5, 0.6) is 5.75 Å². The van der Waals surface area contributed by atoms with E-state index < -0.39 is 0 Å². The van der Waals surface area contributed by atoms with E-state index in [1.807, 2.05) is 42.7 Å². The molecule has 0 bridgehead atoms. The lowest BCUT2D eigenvalue weighted by molar-refractivity contribution is 0.331. The third-order valence-corrected chi connectivity index (χ3v) is 3.37. The van der Waals surface area contributed by atoms with Crippen LogP contribution in [-0.2, 0) is 13.0 Å². The van der Waals surface area contributed by atoms with Crippen molar-refractivity contribution < 1.29 is 4.74 Å². The number of ether oxygens (including phenoxy) is 1. The Balaban J connectivity index is 1.93. The van der Waals surface area contributed by atoms with E-state index in [-0.39, 0.29) is 0 Å². The lowest BCUT2D eigenvalue weighted by Gasteiger charge is -2.17. The van der Waals surface area contributed by atoms with E-state index in [1.54, 1.807) is 7.11 Å². The standard InChI is InChI=1S/C17H19N3O/c1-20(10-7-14-5-8-19-9-6-14)13-15-3-4-17(21-2)16(11-15)12-18/h3-6,8-9,11H,7,10,13H2,1-2H3. The van der Waals surface area contributed by atoms with Crippen LogP contribution in [0.4, 0.5) is 0 Å². The van der Waals surface area contributed by atoms with Gasteiger partial charge in [0.2, 0.25) is 0 Å². The summed E-state index contributed by atoms with van der Waals surface area (Å²) in [6.07, 6.45) is 4.62. The molecule has 1 aromatic heterocycles. The van der Waals surface area contributed by atoms with Crippen LogP contribution in [0.3, 0.4) is 0 Å². The number of hydrogen-bond acceptors (Lipinski definition) is 4. The quantitative estimate of drug-likeness (QED) is 0.816. The van der Waals surface area contributed by atoms with Crippen molar-refractivity contribution in [3.05, 3.63) is 59.4 Å². The molecular formula is C17H19N3O. The van der Waals surface area contributed by atoms with E-state index >= 15 is 0 Å². The first-order valence-electron chi connectivity index (χ1n) is 6.87. The second-order valence-corrected chi connectivity index (χ2v) is 4.99. The number of rotatable bonds is 6. The van der Waals surface area contributed by atoms with Crippen molar-refractivity contribution in [3.8, 4) is 11.8 Å². The van der Waals surface area contributed by atoms with Crippen molar-refractivity contribution in [1.29, 1.82) is 5.26 Å². The molecule has 0 atom stereocenters. The number of pyridine rings is 1. The van der Waals surface area contributed by atoms with Crippen LogP contribution < -0.4 is 4.74 Å². The first-order valence-corrected chi connectivity index (χ1v) is 6.87. The topological polar surface area (TPSA) is 49.1 Å². The average molecular weight is 281 g/mol.